The molecule has 30 heavy (non-hydrogen) atoms. The van der Waals surface area contributed by atoms with Gasteiger partial charge in [0.2, 0.25) is 13.9 Å². The minimum atomic E-state index is -0.995. The van der Waals surface area contributed by atoms with Gasteiger partial charge in [-0.15, -0.1) is 0 Å². The Kier molecular flexibility index (Phi) is 11.4. The van der Waals surface area contributed by atoms with Gasteiger partial charge in [-0.25, -0.2) is 0 Å². The van der Waals surface area contributed by atoms with E-state index in [-0.39, 0.29) is 14.1 Å². The molecule has 0 amide bonds. The Morgan fingerprint density at radius 2 is 1.67 bits per heavy atom. The van der Waals surface area contributed by atoms with Crippen molar-refractivity contribution in [1.29, 1.82) is 0 Å². The van der Waals surface area contributed by atoms with Gasteiger partial charge in [-0.2, -0.15) is 0 Å². The quantitative estimate of drug-likeness (QED) is 0.336. The molecular weight excluding hydrogens is 405 g/mol. The molecule has 3 N–H and O–H groups in total. The maximum atomic E-state index is 12.4. The van der Waals surface area contributed by atoms with Gasteiger partial charge in [0.25, 0.3) is 5.69 Å². The molecule has 0 aromatic heterocycles. The Hall–Kier alpha value is -1.48. The predicted octanol–water partition coefficient (Wildman–Crippen LogP) is 1.98. The van der Waals surface area contributed by atoms with Crippen LogP contribution < -0.4 is 16.0 Å². The number of nitro groups is 1. The average molecular weight is 439 g/mol. The van der Waals surface area contributed by atoms with E-state index in [0.29, 0.717) is 19.6 Å². The lowest BCUT2D eigenvalue weighted by Crippen LogP contribution is -2.51. The highest BCUT2D eigenvalue weighted by molar-refractivity contribution is 7.25. The van der Waals surface area contributed by atoms with Gasteiger partial charge in [-0.1, -0.05) is 12.1 Å². The van der Waals surface area contributed by atoms with Gasteiger partial charge in [0, 0.05) is 57.9 Å². The Balaban J connectivity index is 2.15. The van der Waals surface area contributed by atoms with E-state index in [4.69, 9.17) is 4.74 Å². The van der Waals surface area contributed by atoms with Gasteiger partial charge >= 0.3 is 0 Å². The highest BCUT2D eigenvalue weighted by Gasteiger charge is 2.38. The van der Waals surface area contributed by atoms with E-state index in [1.807, 2.05) is 6.92 Å². The summed E-state index contributed by atoms with van der Waals surface area (Å²) in [6, 6.07) is 6.40. The summed E-state index contributed by atoms with van der Waals surface area (Å²) in [6.45, 7) is 9.20. The molecule has 0 bridgehead atoms. The standard InChI is InChI=1S/C20H34N5O4P/c1-2-29-20(30-28,17-18-5-7-19(8-6-18)25(26)27)24-15-4-11-22-13-12-21-9-3-10-23-14-16-24/h5-8,21-23H,2-4,9-17H2,1H3. The molecule has 9 nitrogen and oxygen atoms in total. The Bertz CT molecular complexity index is 635. The summed E-state index contributed by atoms with van der Waals surface area (Å²) in [5.74, 6) is 0. The van der Waals surface area contributed by atoms with Crippen LogP contribution in [0.25, 0.3) is 0 Å². The third-order valence-electron chi connectivity index (χ3n) is 5.12. The zero-order chi connectivity index (χ0) is 21.7. The maximum Gasteiger partial charge on any atom is 0.269 e. The monoisotopic (exact) mass is 439 g/mol. The van der Waals surface area contributed by atoms with Gasteiger partial charge in [-0.3, -0.25) is 19.6 Å². The van der Waals surface area contributed by atoms with Crippen molar-refractivity contribution in [3.05, 3.63) is 39.9 Å². The summed E-state index contributed by atoms with van der Waals surface area (Å²) < 4.78 is 18.5. The molecule has 168 valence electrons. The normalized spacial score (nSPS) is 20.3. The lowest BCUT2D eigenvalue weighted by atomic mass is 10.1. The van der Waals surface area contributed by atoms with E-state index in [9.17, 15) is 14.7 Å². The number of hydrogen-bond acceptors (Lipinski definition) is 8. The van der Waals surface area contributed by atoms with E-state index < -0.39 is 10.4 Å². The van der Waals surface area contributed by atoms with Crippen molar-refractivity contribution in [2.75, 3.05) is 59.0 Å². The van der Waals surface area contributed by atoms with Gasteiger partial charge in [-0.05, 0) is 45.0 Å². The van der Waals surface area contributed by atoms with Crippen LogP contribution in [0.15, 0.2) is 24.3 Å². The molecule has 0 aliphatic carbocycles. The molecule has 1 fully saturated rings. The second-order valence-electron chi connectivity index (χ2n) is 7.31. The number of nitrogens with one attached hydrogen (secondary N) is 3. The van der Waals surface area contributed by atoms with E-state index in [1.165, 1.54) is 12.1 Å². The second-order valence-corrected chi connectivity index (χ2v) is 8.19. The Morgan fingerprint density at radius 3 is 2.27 bits per heavy atom. The summed E-state index contributed by atoms with van der Waals surface area (Å²) in [7, 11) is -0.109. The summed E-state index contributed by atoms with van der Waals surface area (Å²) in [5, 5.41) is 21.3. The summed E-state index contributed by atoms with van der Waals surface area (Å²) >= 11 is 0. The number of ether oxygens (including phenoxy) is 1. The average Bonchev–Trinajstić information content (AvgIpc) is 2.75. The van der Waals surface area contributed by atoms with Crippen LogP contribution in [0.4, 0.5) is 5.69 Å². The molecule has 0 radical (unpaired) electrons. The molecule has 1 aliphatic rings. The first-order valence-corrected chi connectivity index (χ1v) is 11.5. The van der Waals surface area contributed by atoms with Crippen molar-refractivity contribution in [2.45, 2.75) is 31.7 Å². The minimum absolute atomic E-state index is 0.0449. The van der Waals surface area contributed by atoms with Crippen LogP contribution in [-0.4, -0.2) is 74.3 Å². The van der Waals surface area contributed by atoms with Gasteiger partial charge in [0.1, 0.15) is 0 Å². The molecule has 1 aliphatic heterocycles. The van der Waals surface area contributed by atoms with E-state index >= 15 is 0 Å². The van der Waals surface area contributed by atoms with Crippen molar-refractivity contribution in [3.63, 3.8) is 0 Å². The molecule has 0 spiro atoms. The first-order chi connectivity index (χ1) is 14.6. The molecule has 1 aromatic carbocycles. The zero-order valence-electron chi connectivity index (χ0n) is 17.8. The molecule has 1 aromatic rings. The van der Waals surface area contributed by atoms with Crippen LogP contribution in [-0.2, 0) is 15.7 Å². The lowest BCUT2D eigenvalue weighted by Gasteiger charge is -2.39. The van der Waals surface area contributed by atoms with Crippen LogP contribution in [0.5, 0.6) is 0 Å². The number of rotatable bonds is 7. The fourth-order valence-electron chi connectivity index (χ4n) is 3.56. The highest BCUT2D eigenvalue weighted by Crippen LogP contribution is 2.34. The molecule has 10 heteroatoms. The summed E-state index contributed by atoms with van der Waals surface area (Å²) in [6.07, 6.45) is 2.35. The lowest BCUT2D eigenvalue weighted by molar-refractivity contribution is -0.384. The van der Waals surface area contributed by atoms with Crippen LogP contribution in [0, 0.1) is 10.1 Å². The summed E-state index contributed by atoms with van der Waals surface area (Å²) in [5.41, 5.74) is -0.0944. The number of nitro benzene ring substituents is 1. The van der Waals surface area contributed by atoms with E-state index in [0.717, 1.165) is 64.2 Å². The fourth-order valence-corrected chi connectivity index (χ4v) is 4.31. The van der Waals surface area contributed by atoms with Crippen molar-refractivity contribution in [2.24, 2.45) is 0 Å². The zero-order valence-corrected chi connectivity index (χ0v) is 18.7. The smallest absolute Gasteiger partial charge is 0.269 e. The minimum Gasteiger partial charge on any atom is -0.349 e. The van der Waals surface area contributed by atoms with Crippen molar-refractivity contribution in [3.8, 4) is 0 Å². The van der Waals surface area contributed by atoms with Crippen LogP contribution in [0.1, 0.15) is 25.3 Å². The SMILES string of the molecule is CCOC(Cc1ccc([N+](=O)[O-])cc1)(P=O)N1CCCNCCNCCCNCC1. The van der Waals surface area contributed by atoms with Gasteiger partial charge < -0.3 is 20.7 Å². The molecule has 1 unspecified atom stereocenters. The van der Waals surface area contributed by atoms with E-state index in [1.54, 1.807) is 12.1 Å². The first-order valence-electron chi connectivity index (χ1n) is 10.7. The molecule has 1 atom stereocenters. The first kappa shape index (κ1) is 24.8. The topological polar surface area (TPSA) is 109 Å². The number of non-ortho nitro benzene ring substituents is 1. The molecular formula is C20H34N5O4P. The number of benzene rings is 1. The molecule has 1 saturated heterocycles. The molecule has 1 heterocycles. The highest BCUT2D eigenvalue weighted by atomic mass is 31.1. The van der Waals surface area contributed by atoms with Crippen molar-refractivity contribution < 1.29 is 14.2 Å². The molecule has 2 rings (SSSR count). The van der Waals surface area contributed by atoms with E-state index in [2.05, 4.69) is 20.9 Å². The van der Waals surface area contributed by atoms with Gasteiger partial charge in [0.15, 0.2) is 0 Å². The number of hydrogen-bond donors (Lipinski definition) is 3. The number of nitrogens with zero attached hydrogens (tertiary/aromatic N) is 2. The summed E-state index contributed by atoms with van der Waals surface area (Å²) in [4.78, 5) is 12.7. The Morgan fingerprint density at radius 1 is 1.03 bits per heavy atom. The Labute approximate surface area is 180 Å². The van der Waals surface area contributed by atoms with Crippen LogP contribution in [0.3, 0.4) is 0 Å². The van der Waals surface area contributed by atoms with Crippen molar-refractivity contribution >= 4 is 14.1 Å². The van der Waals surface area contributed by atoms with Crippen LogP contribution in [0.2, 0.25) is 0 Å². The largest absolute Gasteiger partial charge is 0.349 e. The third-order valence-corrected chi connectivity index (χ3v) is 5.97. The van der Waals surface area contributed by atoms with Gasteiger partial charge in [0.05, 0.1) is 4.92 Å². The second kappa shape index (κ2) is 13.7. The maximum absolute atomic E-state index is 12.4. The predicted molar refractivity (Wildman–Crippen MR) is 118 cm³/mol. The van der Waals surface area contributed by atoms with Crippen LogP contribution >= 0.6 is 8.46 Å². The molecule has 0 saturated carbocycles. The fraction of sp³-hybridized carbons (Fsp3) is 0.700. The van der Waals surface area contributed by atoms with Crippen molar-refractivity contribution in [1.82, 2.24) is 20.9 Å². The third kappa shape index (κ3) is 7.98.